The lowest BCUT2D eigenvalue weighted by atomic mass is 9.95. The molecule has 1 aliphatic heterocycles. The van der Waals surface area contributed by atoms with Crippen molar-refractivity contribution in [2.45, 2.75) is 32.0 Å². The largest absolute Gasteiger partial charge is 0.384 e. The van der Waals surface area contributed by atoms with E-state index in [1.807, 2.05) is 0 Å². The fraction of sp³-hybridized carbons (Fsp3) is 0.692. The molecule has 106 valence electrons. The molecule has 1 unspecified atom stereocenters. The van der Waals surface area contributed by atoms with E-state index in [-0.39, 0.29) is 5.60 Å². The van der Waals surface area contributed by atoms with Crippen LogP contribution >= 0.6 is 0 Å². The molecule has 0 saturated carbocycles. The lowest BCUT2D eigenvalue weighted by Gasteiger charge is -2.40. The average molecular weight is 266 g/mol. The van der Waals surface area contributed by atoms with Crippen molar-refractivity contribution in [3.05, 3.63) is 11.9 Å². The van der Waals surface area contributed by atoms with Gasteiger partial charge in [-0.15, -0.1) is 0 Å². The number of aromatic nitrogens is 2. The Morgan fingerprint density at radius 3 is 2.89 bits per heavy atom. The highest BCUT2D eigenvalue weighted by atomic mass is 16.5. The van der Waals surface area contributed by atoms with Crippen molar-refractivity contribution >= 4 is 11.6 Å². The van der Waals surface area contributed by atoms with E-state index in [4.69, 9.17) is 15.2 Å². The van der Waals surface area contributed by atoms with Crippen LogP contribution in [0.5, 0.6) is 0 Å². The van der Waals surface area contributed by atoms with Crippen LogP contribution in [0, 0.1) is 0 Å². The van der Waals surface area contributed by atoms with Crippen LogP contribution in [0.3, 0.4) is 0 Å². The third-order valence-electron chi connectivity index (χ3n) is 3.53. The van der Waals surface area contributed by atoms with Crippen molar-refractivity contribution in [2.75, 3.05) is 37.9 Å². The number of anilines is 2. The normalized spacial score (nSPS) is 23.6. The Bertz CT molecular complexity index is 441. The van der Waals surface area contributed by atoms with Gasteiger partial charge in [0.25, 0.3) is 0 Å². The molecular formula is C13H22N4O2. The van der Waals surface area contributed by atoms with Gasteiger partial charge in [-0.1, -0.05) is 0 Å². The standard InChI is InChI=1S/C13H22N4O2/c1-13(19-3)5-4-6-17(9-13)12-7-10(14)15-11(16-12)8-18-2/h7H,4-6,8-9H2,1-3H3,(H2,14,15,16). The molecule has 1 aliphatic rings. The molecule has 19 heavy (non-hydrogen) atoms. The maximum atomic E-state index is 5.83. The number of hydrogen-bond donors (Lipinski definition) is 1. The minimum absolute atomic E-state index is 0.126. The average Bonchev–Trinajstić information content (AvgIpc) is 2.38. The van der Waals surface area contributed by atoms with Crippen molar-refractivity contribution in [2.24, 2.45) is 0 Å². The Hall–Kier alpha value is -1.40. The zero-order valence-corrected chi connectivity index (χ0v) is 11.8. The number of methoxy groups -OCH3 is 2. The van der Waals surface area contributed by atoms with Crippen LogP contribution < -0.4 is 10.6 Å². The van der Waals surface area contributed by atoms with E-state index in [1.54, 1.807) is 20.3 Å². The van der Waals surface area contributed by atoms with Gasteiger partial charge in [0.15, 0.2) is 5.82 Å². The molecule has 1 fully saturated rings. The van der Waals surface area contributed by atoms with Gasteiger partial charge in [-0.25, -0.2) is 9.97 Å². The summed E-state index contributed by atoms with van der Waals surface area (Å²) in [6.07, 6.45) is 2.14. The topological polar surface area (TPSA) is 73.5 Å². The highest BCUT2D eigenvalue weighted by molar-refractivity contribution is 5.47. The Balaban J connectivity index is 2.21. The van der Waals surface area contributed by atoms with E-state index >= 15 is 0 Å². The monoisotopic (exact) mass is 266 g/mol. The maximum Gasteiger partial charge on any atom is 0.158 e. The Morgan fingerprint density at radius 1 is 1.42 bits per heavy atom. The SMILES string of the molecule is COCc1nc(N)cc(N2CCCC(C)(OC)C2)n1. The van der Waals surface area contributed by atoms with Gasteiger partial charge in [0.05, 0.1) is 5.60 Å². The van der Waals surface area contributed by atoms with Gasteiger partial charge in [-0.05, 0) is 19.8 Å². The summed E-state index contributed by atoms with van der Waals surface area (Å²) in [6, 6.07) is 1.81. The first kappa shape index (κ1) is 14.0. The molecule has 6 heteroatoms. The number of rotatable bonds is 4. The summed E-state index contributed by atoms with van der Waals surface area (Å²) in [6.45, 7) is 4.27. The smallest absolute Gasteiger partial charge is 0.158 e. The molecule has 1 aromatic heterocycles. The highest BCUT2D eigenvalue weighted by Gasteiger charge is 2.31. The summed E-state index contributed by atoms with van der Waals surface area (Å²) >= 11 is 0. The van der Waals surface area contributed by atoms with Crippen molar-refractivity contribution in [1.82, 2.24) is 9.97 Å². The van der Waals surface area contributed by atoms with E-state index in [0.717, 1.165) is 31.7 Å². The van der Waals surface area contributed by atoms with Gasteiger partial charge in [-0.3, -0.25) is 0 Å². The third kappa shape index (κ3) is 3.33. The molecule has 2 heterocycles. The summed E-state index contributed by atoms with van der Waals surface area (Å²) in [5, 5.41) is 0. The number of piperidine rings is 1. The summed E-state index contributed by atoms with van der Waals surface area (Å²) < 4.78 is 10.7. The fourth-order valence-corrected chi connectivity index (χ4v) is 2.43. The number of nitrogens with zero attached hydrogens (tertiary/aromatic N) is 3. The lowest BCUT2D eigenvalue weighted by molar-refractivity contribution is -0.00483. The quantitative estimate of drug-likeness (QED) is 0.883. The number of hydrogen-bond acceptors (Lipinski definition) is 6. The fourth-order valence-electron chi connectivity index (χ4n) is 2.43. The molecule has 0 aliphatic carbocycles. The summed E-state index contributed by atoms with van der Waals surface area (Å²) in [4.78, 5) is 10.9. The Morgan fingerprint density at radius 2 is 2.21 bits per heavy atom. The molecule has 0 amide bonds. The first-order chi connectivity index (χ1) is 9.06. The van der Waals surface area contributed by atoms with E-state index in [2.05, 4.69) is 21.8 Å². The van der Waals surface area contributed by atoms with Gasteiger partial charge >= 0.3 is 0 Å². The van der Waals surface area contributed by atoms with Crippen LogP contribution in [0.4, 0.5) is 11.6 Å². The lowest BCUT2D eigenvalue weighted by Crippen LogP contribution is -2.47. The zero-order valence-electron chi connectivity index (χ0n) is 11.8. The first-order valence-electron chi connectivity index (χ1n) is 6.49. The summed E-state index contributed by atoms with van der Waals surface area (Å²) in [5.41, 5.74) is 5.71. The zero-order chi connectivity index (χ0) is 13.9. The third-order valence-corrected chi connectivity index (χ3v) is 3.53. The predicted molar refractivity (Wildman–Crippen MR) is 74.0 cm³/mol. The second-order valence-electron chi connectivity index (χ2n) is 5.18. The Kier molecular flexibility index (Phi) is 4.21. The van der Waals surface area contributed by atoms with Crippen LogP contribution in [0.2, 0.25) is 0 Å². The molecule has 0 aromatic carbocycles. The summed E-state index contributed by atoms with van der Waals surface area (Å²) in [7, 11) is 3.38. The van der Waals surface area contributed by atoms with Crippen LogP contribution in [0.25, 0.3) is 0 Å². The molecule has 6 nitrogen and oxygen atoms in total. The minimum atomic E-state index is -0.126. The van der Waals surface area contributed by atoms with E-state index < -0.39 is 0 Å². The predicted octanol–water partition coefficient (Wildman–Crippen LogP) is 1.21. The molecule has 2 N–H and O–H groups in total. The Labute approximate surface area is 113 Å². The van der Waals surface area contributed by atoms with E-state index in [0.29, 0.717) is 18.2 Å². The molecule has 1 saturated heterocycles. The van der Waals surface area contributed by atoms with Gasteiger partial charge in [-0.2, -0.15) is 0 Å². The van der Waals surface area contributed by atoms with E-state index in [9.17, 15) is 0 Å². The van der Waals surface area contributed by atoms with Gasteiger partial charge in [0, 0.05) is 33.4 Å². The van der Waals surface area contributed by atoms with Crippen LogP contribution in [-0.2, 0) is 16.1 Å². The molecule has 0 spiro atoms. The summed E-state index contributed by atoms with van der Waals surface area (Å²) in [5.74, 6) is 1.94. The van der Waals surface area contributed by atoms with Crippen LogP contribution in [0.15, 0.2) is 6.07 Å². The van der Waals surface area contributed by atoms with Crippen molar-refractivity contribution in [3.63, 3.8) is 0 Å². The molecule has 1 aromatic rings. The second-order valence-corrected chi connectivity index (χ2v) is 5.18. The van der Waals surface area contributed by atoms with Gasteiger partial charge in [0.1, 0.15) is 18.2 Å². The highest BCUT2D eigenvalue weighted by Crippen LogP contribution is 2.27. The molecule has 0 radical (unpaired) electrons. The molecular weight excluding hydrogens is 244 g/mol. The maximum absolute atomic E-state index is 5.83. The van der Waals surface area contributed by atoms with Gasteiger partial charge < -0.3 is 20.1 Å². The number of nitrogens with two attached hydrogens (primary N) is 1. The number of ether oxygens (including phenoxy) is 2. The first-order valence-corrected chi connectivity index (χ1v) is 6.49. The van der Waals surface area contributed by atoms with Crippen LogP contribution in [-0.4, -0.2) is 42.9 Å². The van der Waals surface area contributed by atoms with Crippen LogP contribution in [0.1, 0.15) is 25.6 Å². The molecule has 1 atom stereocenters. The van der Waals surface area contributed by atoms with Crippen molar-refractivity contribution in [1.29, 1.82) is 0 Å². The molecule has 0 bridgehead atoms. The van der Waals surface area contributed by atoms with E-state index in [1.165, 1.54) is 0 Å². The minimum Gasteiger partial charge on any atom is -0.384 e. The second kappa shape index (κ2) is 5.71. The van der Waals surface area contributed by atoms with Crippen molar-refractivity contribution in [3.8, 4) is 0 Å². The molecule has 2 rings (SSSR count). The van der Waals surface area contributed by atoms with Crippen molar-refractivity contribution < 1.29 is 9.47 Å². The van der Waals surface area contributed by atoms with Gasteiger partial charge in [0.2, 0.25) is 0 Å². The number of nitrogen functional groups attached to an aromatic ring is 1.